The fraction of sp³-hybridized carbons (Fsp3) is 0.118. The van der Waals surface area contributed by atoms with Gasteiger partial charge in [-0.1, -0.05) is 18.2 Å². The molecule has 4 heteroatoms. The number of hydrogen-bond acceptors (Lipinski definition) is 1. The molecule has 21 heavy (non-hydrogen) atoms. The Kier molecular flexibility index (Phi) is 49.7. The van der Waals surface area contributed by atoms with E-state index in [1.807, 2.05) is 37.3 Å². The van der Waals surface area contributed by atoms with Crippen molar-refractivity contribution in [3.05, 3.63) is 91.3 Å². The van der Waals surface area contributed by atoms with Crippen LogP contribution in [0.2, 0.25) is 0 Å². The SMILES string of the molecule is Cc1ccccc1O.[C-]1=CC=CC1.[CH3-].[CH3-].[CH3-].[CH3-].[CH3-].[Cl][Ti][Cl]. The number of hydrogen-bond donors (Lipinski definition) is 1. The Hall–Kier alpha value is -0.206. The topological polar surface area (TPSA) is 20.2 Å². The molecule has 0 radical (unpaired) electrons. The van der Waals surface area contributed by atoms with Gasteiger partial charge in [-0.05, 0) is 18.6 Å². The third-order valence-corrected chi connectivity index (χ3v) is 1.70. The Bertz CT molecular complexity index is 308. The van der Waals surface area contributed by atoms with Gasteiger partial charge >= 0.3 is 35.6 Å². The summed E-state index contributed by atoms with van der Waals surface area (Å²) in [6, 6.07) is 7.25. The molecule has 0 saturated carbocycles. The van der Waals surface area contributed by atoms with Gasteiger partial charge in [0.25, 0.3) is 0 Å². The zero-order chi connectivity index (χ0) is 12.2. The number of para-hydroxylation sites is 1. The van der Waals surface area contributed by atoms with Crippen LogP contribution in [0.3, 0.4) is 0 Å². The molecule has 0 aromatic heterocycles. The summed E-state index contributed by atoms with van der Waals surface area (Å²) >= 11 is -0.556. The number of aromatic hydroxyl groups is 1. The first kappa shape index (κ1) is 37.2. The summed E-state index contributed by atoms with van der Waals surface area (Å²) in [7, 11) is 9.78. The first-order chi connectivity index (χ1) is 7.72. The van der Waals surface area contributed by atoms with Crippen molar-refractivity contribution in [1.82, 2.24) is 0 Å². The van der Waals surface area contributed by atoms with E-state index >= 15 is 0 Å². The predicted octanol–water partition coefficient (Wildman–Crippen LogP) is 6.63. The second kappa shape index (κ2) is 28.0. The van der Waals surface area contributed by atoms with Crippen LogP contribution in [0.25, 0.3) is 0 Å². The van der Waals surface area contributed by atoms with Gasteiger partial charge in [-0.15, -0.1) is 6.42 Å². The summed E-state index contributed by atoms with van der Waals surface area (Å²) in [5.74, 6) is 0.368. The van der Waals surface area contributed by atoms with Crippen LogP contribution in [-0.4, -0.2) is 5.11 Å². The summed E-state index contributed by atoms with van der Waals surface area (Å²) in [6.45, 7) is 1.87. The predicted molar refractivity (Wildman–Crippen MR) is 98.2 cm³/mol. The number of allylic oxidation sites excluding steroid dienone is 4. The van der Waals surface area contributed by atoms with Gasteiger partial charge < -0.3 is 42.2 Å². The maximum absolute atomic E-state index is 8.92. The molecule has 1 aromatic carbocycles. The first-order valence-corrected chi connectivity index (χ1v) is 8.94. The Morgan fingerprint density at radius 1 is 1.05 bits per heavy atom. The van der Waals surface area contributed by atoms with Crippen molar-refractivity contribution in [2.45, 2.75) is 13.3 Å². The van der Waals surface area contributed by atoms with Gasteiger partial charge in [0.15, 0.2) is 0 Å². The Labute approximate surface area is 150 Å². The fourth-order valence-corrected chi connectivity index (χ4v) is 0.904. The molecule has 1 aliphatic rings. The van der Waals surface area contributed by atoms with Crippen LogP contribution in [0.1, 0.15) is 12.0 Å². The van der Waals surface area contributed by atoms with Gasteiger partial charge in [0.1, 0.15) is 5.75 Å². The minimum atomic E-state index is -0.556. The molecule has 0 heterocycles. The number of phenols is 1. The molecule has 0 bridgehead atoms. The molecule has 0 atom stereocenters. The third-order valence-electron chi connectivity index (χ3n) is 1.70. The molecule has 1 nitrogen and oxygen atoms in total. The van der Waals surface area contributed by atoms with E-state index in [1.165, 1.54) is 0 Å². The van der Waals surface area contributed by atoms with Crippen molar-refractivity contribution in [3.63, 3.8) is 0 Å². The van der Waals surface area contributed by atoms with Crippen LogP contribution in [-0.2, 0) is 17.0 Å². The Balaban J connectivity index is -0.0000000390. The van der Waals surface area contributed by atoms with Crippen LogP contribution in [0.15, 0.2) is 42.5 Å². The zero-order valence-electron chi connectivity index (χ0n) is 14.0. The van der Waals surface area contributed by atoms with E-state index in [4.69, 9.17) is 23.7 Å². The fourth-order valence-electron chi connectivity index (χ4n) is 0.904. The van der Waals surface area contributed by atoms with Crippen LogP contribution >= 0.6 is 18.6 Å². The van der Waals surface area contributed by atoms with Crippen molar-refractivity contribution in [2.24, 2.45) is 0 Å². The molecule has 0 unspecified atom stereocenters. The molecular formula is C17H28Cl2OTi-6. The third kappa shape index (κ3) is 25.1. The van der Waals surface area contributed by atoms with Gasteiger partial charge in [0.05, 0.1) is 0 Å². The van der Waals surface area contributed by atoms with E-state index in [0.29, 0.717) is 5.75 Å². The summed E-state index contributed by atoms with van der Waals surface area (Å²) in [5.41, 5.74) is 0.924. The van der Waals surface area contributed by atoms with E-state index in [0.717, 1.165) is 12.0 Å². The average Bonchev–Trinajstić information content (AvgIpc) is 2.82. The maximum atomic E-state index is 8.92. The summed E-state index contributed by atoms with van der Waals surface area (Å²) in [5, 5.41) is 8.92. The minimum absolute atomic E-state index is 0. The monoisotopic (exact) mass is 366 g/mol. The second-order valence-corrected chi connectivity index (χ2v) is 5.44. The van der Waals surface area contributed by atoms with Crippen molar-refractivity contribution >= 4 is 18.6 Å². The summed E-state index contributed by atoms with van der Waals surface area (Å²) in [4.78, 5) is 0. The molecule has 2 rings (SSSR count). The molecule has 0 fully saturated rings. The molecule has 1 aromatic rings. The van der Waals surface area contributed by atoms with Crippen LogP contribution in [0.5, 0.6) is 5.75 Å². The van der Waals surface area contributed by atoms with Gasteiger partial charge in [-0.25, -0.2) is 12.2 Å². The van der Waals surface area contributed by atoms with Crippen molar-refractivity contribution in [2.75, 3.05) is 0 Å². The number of aryl methyl sites for hydroxylation is 1. The van der Waals surface area contributed by atoms with E-state index in [-0.39, 0.29) is 37.1 Å². The molecular weight excluding hydrogens is 339 g/mol. The molecule has 0 aliphatic heterocycles. The van der Waals surface area contributed by atoms with Gasteiger partial charge in [-0.3, -0.25) is 6.08 Å². The molecule has 1 aliphatic carbocycles. The summed E-state index contributed by atoms with van der Waals surface area (Å²) in [6.07, 6.45) is 10.0. The molecule has 0 saturated heterocycles. The standard InChI is InChI=1S/C7H8O.C5H5.5CH3.2ClH.Ti/c1-6-4-2-3-5-7(6)8;1-2-4-5-3-1;;;;;;;;/h2-5,8H,1H3;1-3H,4H2;5*1H3;2*1H;/q;6*-1;;;+2/p-2. The molecule has 1 N–H and O–H groups in total. The average molecular weight is 367 g/mol. The van der Waals surface area contributed by atoms with Gasteiger partial charge in [0.2, 0.25) is 0 Å². The van der Waals surface area contributed by atoms with Gasteiger partial charge in [-0.2, -0.15) is 6.08 Å². The number of phenolic OH excluding ortho intramolecular Hbond substituents is 1. The quantitative estimate of drug-likeness (QED) is 0.403. The van der Waals surface area contributed by atoms with E-state index in [2.05, 4.69) is 12.2 Å². The number of halogens is 2. The second-order valence-electron chi connectivity index (χ2n) is 2.86. The Morgan fingerprint density at radius 3 is 1.71 bits per heavy atom. The molecule has 126 valence electrons. The van der Waals surface area contributed by atoms with E-state index < -0.39 is 17.0 Å². The Morgan fingerprint density at radius 2 is 1.52 bits per heavy atom. The van der Waals surface area contributed by atoms with Crippen LogP contribution in [0.4, 0.5) is 0 Å². The zero-order valence-corrected chi connectivity index (χ0v) is 17.0. The van der Waals surface area contributed by atoms with Crippen LogP contribution in [0, 0.1) is 50.1 Å². The molecule has 0 amide bonds. The number of rotatable bonds is 0. The van der Waals surface area contributed by atoms with Crippen molar-refractivity contribution < 1.29 is 22.1 Å². The van der Waals surface area contributed by atoms with Crippen LogP contribution < -0.4 is 0 Å². The first-order valence-electron chi connectivity index (χ1n) is 4.65. The molecule has 0 spiro atoms. The normalized spacial score (nSPS) is 8.33. The van der Waals surface area contributed by atoms with E-state index in [9.17, 15) is 0 Å². The van der Waals surface area contributed by atoms with Gasteiger partial charge in [0, 0.05) is 0 Å². The van der Waals surface area contributed by atoms with E-state index in [1.54, 1.807) is 6.07 Å². The van der Waals surface area contributed by atoms with Crippen molar-refractivity contribution in [1.29, 1.82) is 0 Å². The summed E-state index contributed by atoms with van der Waals surface area (Å²) < 4.78 is 0. The van der Waals surface area contributed by atoms with Crippen molar-refractivity contribution in [3.8, 4) is 5.75 Å². The number of benzene rings is 1.